The third-order valence-electron chi connectivity index (χ3n) is 2.08. The molecule has 1 amide bonds. The Morgan fingerprint density at radius 2 is 2.50 bits per heavy atom. The molecule has 1 heterocycles. The molecule has 1 unspecified atom stereocenters. The number of rotatable bonds is 4. The number of hydrogen-bond acceptors (Lipinski definition) is 4. The fraction of sp³-hybridized carbons (Fsp3) is 0.750. The van der Waals surface area contributed by atoms with E-state index in [0.29, 0.717) is 19.1 Å². The van der Waals surface area contributed by atoms with Crippen LogP contribution in [0.25, 0.3) is 0 Å². The van der Waals surface area contributed by atoms with E-state index in [1.165, 1.54) is 0 Å². The van der Waals surface area contributed by atoms with Gasteiger partial charge in [-0.25, -0.2) is 0 Å². The zero-order chi connectivity index (χ0) is 10.4. The second-order valence-corrected chi connectivity index (χ2v) is 3.30. The van der Waals surface area contributed by atoms with E-state index in [1.807, 2.05) is 0 Å². The van der Waals surface area contributed by atoms with Crippen molar-refractivity contribution in [2.75, 3.05) is 19.8 Å². The van der Waals surface area contributed by atoms with Gasteiger partial charge in [-0.1, -0.05) is 5.16 Å². The van der Waals surface area contributed by atoms with Gasteiger partial charge in [0, 0.05) is 19.1 Å². The number of carbonyl (C=O) groups excluding carboxylic acids is 1. The molecule has 0 saturated carbocycles. The summed E-state index contributed by atoms with van der Waals surface area (Å²) in [4.78, 5) is 11.1. The average molecular weight is 201 g/mol. The van der Waals surface area contributed by atoms with Gasteiger partial charge >= 0.3 is 0 Å². The SMILES string of the molecule is NC(CC(=O)NCC1CCOC1)=NO. The van der Waals surface area contributed by atoms with Gasteiger partial charge in [-0.2, -0.15) is 0 Å². The number of ether oxygens (including phenoxy) is 1. The summed E-state index contributed by atoms with van der Waals surface area (Å²) in [6, 6.07) is 0. The predicted octanol–water partition coefficient (Wildman–Crippen LogP) is -0.724. The lowest BCUT2D eigenvalue weighted by Gasteiger charge is -2.08. The van der Waals surface area contributed by atoms with Gasteiger partial charge in [0.05, 0.1) is 13.0 Å². The van der Waals surface area contributed by atoms with Crippen LogP contribution in [0.2, 0.25) is 0 Å². The highest BCUT2D eigenvalue weighted by atomic mass is 16.5. The average Bonchev–Trinajstić information content (AvgIpc) is 2.67. The highest BCUT2D eigenvalue weighted by Gasteiger charge is 2.16. The first kappa shape index (κ1) is 10.8. The summed E-state index contributed by atoms with van der Waals surface area (Å²) in [6.45, 7) is 2.06. The Labute approximate surface area is 82.1 Å². The van der Waals surface area contributed by atoms with E-state index in [4.69, 9.17) is 15.7 Å². The Balaban J connectivity index is 2.14. The van der Waals surface area contributed by atoms with Crippen molar-refractivity contribution >= 4 is 11.7 Å². The van der Waals surface area contributed by atoms with Gasteiger partial charge in [0.1, 0.15) is 5.84 Å². The molecular formula is C8H15N3O3. The number of amidine groups is 1. The fourth-order valence-corrected chi connectivity index (χ4v) is 1.26. The van der Waals surface area contributed by atoms with Crippen LogP contribution in [-0.2, 0) is 9.53 Å². The van der Waals surface area contributed by atoms with Crippen LogP contribution in [0.4, 0.5) is 0 Å². The van der Waals surface area contributed by atoms with Crippen molar-refractivity contribution in [2.45, 2.75) is 12.8 Å². The van der Waals surface area contributed by atoms with Crippen molar-refractivity contribution in [2.24, 2.45) is 16.8 Å². The number of amides is 1. The molecule has 6 nitrogen and oxygen atoms in total. The van der Waals surface area contributed by atoms with Crippen LogP contribution in [0, 0.1) is 5.92 Å². The van der Waals surface area contributed by atoms with Gasteiger partial charge in [0.25, 0.3) is 0 Å². The fourth-order valence-electron chi connectivity index (χ4n) is 1.26. The summed E-state index contributed by atoms with van der Waals surface area (Å²) >= 11 is 0. The molecule has 1 fully saturated rings. The van der Waals surface area contributed by atoms with Crippen molar-refractivity contribution < 1.29 is 14.7 Å². The molecule has 80 valence electrons. The lowest BCUT2D eigenvalue weighted by atomic mass is 10.1. The van der Waals surface area contributed by atoms with E-state index in [-0.39, 0.29) is 18.2 Å². The molecular weight excluding hydrogens is 186 g/mol. The van der Waals surface area contributed by atoms with Gasteiger partial charge in [0.2, 0.25) is 5.91 Å². The maximum absolute atomic E-state index is 11.1. The monoisotopic (exact) mass is 201 g/mol. The van der Waals surface area contributed by atoms with E-state index >= 15 is 0 Å². The minimum atomic E-state index is -0.229. The maximum atomic E-state index is 11.1. The minimum Gasteiger partial charge on any atom is -0.409 e. The van der Waals surface area contributed by atoms with Crippen molar-refractivity contribution in [1.82, 2.24) is 5.32 Å². The molecule has 4 N–H and O–H groups in total. The third kappa shape index (κ3) is 3.61. The third-order valence-corrected chi connectivity index (χ3v) is 2.08. The maximum Gasteiger partial charge on any atom is 0.227 e. The number of hydrogen-bond donors (Lipinski definition) is 3. The first-order valence-electron chi connectivity index (χ1n) is 4.53. The molecule has 0 aromatic rings. The predicted molar refractivity (Wildman–Crippen MR) is 50.0 cm³/mol. The van der Waals surface area contributed by atoms with Crippen LogP contribution >= 0.6 is 0 Å². The van der Waals surface area contributed by atoms with E-state index in [1.54, 1.807) is 0 Å². The van der Waals surface area contributed by atoms with E-state index in [0.717, 1.165) is 13.0 Å². The van der Waals surface area contributed by atoms with Crippen molar-refractivity contribution in [3.63, 3.8) is 0 Å². The van der Waals surface area contributed by atoms with E-state index < -0.39 is 0 Å². The minimum absolute atomic E-state index is 0.0654. The molecule has 1 rings (SSSR count). The summed E-state index contributed by atoms with van der Waals surface area (Å²) < 4.78 is 5.15. The van der Waals surface area contributed by atoms with Crippen LogP contribution in [0.1, 0.15) is 12.8 Å². The summed E-state index contributed by atoms with van der Waals surface area (Å²) in [7, 11) is 0. The van der Waals surface area contributed by atoms with Crippen LogP contribution < -0.4 is 11.1 Å². The molecule has 1 aliphatic heterocycles. The number of nitrogens with one attached hydrogen (secondary N) is 1. The summed E-state index contributed by atoms with van der Waals surface area (Å²) in [5.41, 5.74) is 5.17. The second kappa shape index (κ2) is 5.43. The molecule has 0 aromatic heterocycles. The molecule has 0 aliphatic carbocycles. The molecule has 0 spiro atoms. The molecule has 0 radical (unpaired) electrons. The van der Waals surface area contributed by atoms with Crippen molar-refractivity contribution in [3.8, 4) is 0 Å². The Kier molecular flexibility index (Phi) is 4.18. The van der Waals surface area contributed by atoms with Gasteiger partial charge in [-0.3, -0.25) is 4.79 Å². The normalized spacial score (nSPS) is 22.3. The van der Waals surface area contributed by atoms with Gasteiger partial charge in [-0.05, 0) is 6.42 Å². The van der Waals surface area contributed by atoms with Gasteiger partial charge in [-0.15, -0.1) is 0 Å². The van der Waals surface area contributed by atoms with Crippen LogP contribution in [0.5, 0.6) is 0 Å². The molecule has 0 aromatic carbocycles. The van der Waals surface area contributed by atoms with Gasteiger partial charge < -0.3 is 21.0 Å². The lowest BCUT2D eigenvalue weighted by molar-refractivity contribution is -0.120. The molecule has 14 heavy (non-hydrogen) atoms. The quantitative estimate of drug-likeness (QED) is 0.242. The highest BCUT2D eigenvalue weighted by molar-refractivity contribution is 5.98. The summed E-state index contributed by atoms with van der Waals surface area (Å²) in [5, 5.41) is 13.6. The standard InChI is InChI=1S/C8H15N3O3/c9-7(11-13)3-8(12)10-4-6-1-2-14-5-6/h6,13H,1-5H2,(H2,9,11)(H,10,12). The summed E-state index contributed by atoms with van der Waals surface area (Å²) in [5.74, 6) is 0.0867. The van der Waals surface area contributed by atoms with E-state index in [2.05, 4.69) is 10.5 Å². The zero-order valence-corrected chi connectivity index (χ0v) is 7.90. The van der Waals surface area contributed by atoms with Crippen LogP contribution in [0.15, 0.2) is 5.16 Å². The first-order valence-corrected chi connectivity index (χ1v) is 4.53. The molecule has 1 aliphatic rings. The van der Waals surface area contributed by atoms with Crippen LogP contribution in [-0.4, -0.2) is 36.7 Å². The number of oxime groups is 1. The van der Waals surface area contributed by atoms with Gasteiger partial charge in [0.15, 0.2) is 0 Å². The lowest BCUT2D eigenvalue weighted by Crippen LogP contribution is -2.32. The topological polar surface area (TPSA) is 96.9 Å². The Morgan fingerprint density at radius 1 is 1.71 bits per heavy atom. The smallest absolute Gasteiger partial charge is 0.227 e. The number of carbonyl (C=O) groups is 1. The molecule has 0 bridgehead atoms. The van der Waals surface area contributed by atoms with Crippen molar-refractivity contribution in [1.29, 1.82) is 0 Å². The molecule has 1 atom stereocenters. The Bertz CT molecular complexity index is 224. The van der Waals surface area contributed by atoms with Crippen LogP contribution in [0.3, 0.4) is 0 Å². The second-order valence-electron chi connectivity index (χ2n) is 3.30. The number of nitrogens with two attached hydrogens (primary N) is 1. The molecule has 1 saturated heterocycles. The number of nitrogens with zero attached hydrogens (tertiary/aromatic N) is 1. The highest BCUT2D eigenvalue weighted by Crippen LogP contribution is 2.10. The first-order chi connectivity index (χ1) is 6.72. The van der Waals surface area contributed by atoms with Crippen molar-refractivity contribution in [3.05, 3.63) is 0 Å². The Morgan fingerprint density at radius 3 is 3.07 bits per heavy atom. The largest absolute Gasteiger partial charge is 0.409 e. The Hall–Kier alpha value is -1.30. The molecule has 6 heteroatoms. The summed E-state index contributed by atoms with van der Waals surface area (Å²) in [6.07, 6.45) is 0.911. The van der Waals surface area contributed by atoms with E-state index in [9.17, 15) is 4.79 Å². The zero-order valence-electron chi connectivity index (χ0n) is 7.90.